The summed E-state index contributed by atoms with van der Waals surface area (Å²) >= 11 is 0. The van der Waals surface area contributed by atoms with Gasteiger partial charge in [0.25, 0.3) is 0 Å². The number of aryl methyl sites for hydroxylation is 1. The molecule has 4 saturated carbocycles. The predicted octanol–water partition coefficient (Wildman–Crippen LogP) is 4.90. The molecule has 6 rings (SSSR count). The smallest absolute Gasteiger partial charge is 0.497 e. The van der Waals surface area contributed by atoms with E-state index in [1.165, 1.54) is 24.3 Å². The number of ether oxygens (including phenoxy) is 1. The molecule has 0 amide bonds. The van der Waals surface area contributed by atoms with Crippen LogP contribution < -0.4 is 10.1 Å². The molecule has 34 heavy (non-hydrogen) atoms. The summed E-state index contributed by atoms with van der Waals surface area (Å²) in [5.74, 6) is 4.24. The molecule has 1 aromatic rings. The minimum absolute atomic E-state index is 0. The van der Waals surface area contributed by atoms with E-state index in [0.717, 1.165) is 31.6 Å². The van der Waals surface area contributed by atoms with Crippen molar-refractivity contribution in [2.24, 2.45) is 17.3 Å². The Morgan fingerprint density at radius 1 is 1.03 bits per heavy atom. The standard InChI is InChI=1S/C25H32NO2.C5H5.Fe/c1-25-12-11-20-19-10-8-18(28-2)13-17(19)7-9-21(20)22(25)14-23(24(25)27)26-15-16-5-3-4-6-16;1-2-4-5-3-1;/h3-6,8,10,13,20-24,26-27H,7,9,11-12,14-15H2,1-2H3;1-5H;/q;;+2/t20-,21-,22+,23+,24+,25+;;/m1../s1. The van der Waals surface area contributed by atoms with E-state index in [0.29, 0.717) is 17.8 Å². The fourth-order valence-corrected chi connectivity index (χ4v) is 7.00. The first-order valence-electron chi connectivity index (χ1n) is 12.6. The van der Waals surface area contributed by atoms with Crippen molar-refractivity contribution in [2.45, 2.75) is 57.1 Å². The van der Waals surface area contributed by atoms with Crippen LogP contribution in [0.2, 0.25) is 0 Å². The Balaban J connectivity index is 0.000000407. The van der Waals surface area contributed by atoms with Gasteiger partial charge < -0.3 is 15.2 Å². The Kier molecular flexibility index (Phi) is 9.11. The van der Waals surface area contributed by atoms with Crippen LogP contribution in [0.5, 0.6) is 5.75 Å². The minimum atomic E-state index is -0.245. The third-order valence-electron chi connectivity index (χ3n) is 8.79. The average Bonchev–Trinajstić information content (AvgIpc) is 3.62. The Bertz CT molecular complexity index is 782. The van der Waals surface area contributed by atoms with Crippen LogP contribution in [0.1, 0.15) is 49.7 Å². The van der Waals surface area contributed by atoms with E-state index in [-0.39, 0.29) is 34.6 Å². The summed E-state index contributed by atoms with van der Waals surface area (Å²) in [5, 5.41) is 14.9. The van der Waals surface area contributed by atoms with Gasteiger partial charge in [0, 0.05) is 12.6 Å². The van der Waals surface area contributed by atoms with Gasteiger partial charge in [-0.05, 0) is 142 Å². The van der Waals surface area contributed by atoms with Crippen molar-refractivity contribution in [3.63, 3.8) is 0 Å². The third-order valence-corrected chi connectivity index (χ3v) is 8.79. The molecular weight excluding hydrogens is 462 g/mol. The number of methoxy groups -OCH3 is 1. The van der Waals surface area contributed by atoms with Crippen molar-refractivity contribution in [1.29, 1.82) is 0 Å². The van der Waals surface area contributed by atoms with Gasteiger partial charge in [-0.1, -0.05) is 13.0 Å². The summed E-state index contributed by atoms with van der Waals surface area (Å²) < 4.78 is 5.45. The second kappa shape index (κ2) is 11.7. The summed E-state index contributed by atoms with van der Waals surface area (Å²) in [6.07, 6.45) is 24.1. The van der Waals surface area contributed by atoms with Crippen LogP contribution in [0.25, 0.3) is 0 Å². The molecule has 4 fully saturated rings. The molecule has 0 spiro atoms. The number of fused-ring (bicyclic) bond motifs is 5. The van der Waals surface area contributed by atoms with Crippen molar-refractivity contribution in [2.75, 3.05) is 13.7 Å². The SMILES string of the molecule is COc1ccc2c(c1)CC[C@@H]1[C@@H]2CC[C@]2(C)[C@@H](O)[C@@H](NC[C]3[CH][CH][CH][CH]3)C[C@@H]12.[CH]1[CH][CH][CH][CH]1.[Fe+2]. The number of rotatable bonds is 4. The molecule has 5 aliphatic rings. The summed E-state index contributed by atoms with van der Waals surface area (Å²) in [7, 11) is 1.75. The van der Waals surface area contributed by atoms with E-state index in [1.54, 1.807) is 12.7 Å². The van der Waals surface area contributed by atoms with Gasteiger partial charge in [0.2, 0.25) is 0 Å². The molecule has 10 radical (unpaired) electrons. The van der Waals surface area contributed by atoms with Crippen LogP contribution in [0.15, 0.2) is 18.2 Å². The maximum atomic E-state index is 11.2. The van der Waals surface area contributed by atoms with E-state index >= 15 is 0 Å². The van der Waals surface area contributed by atoms with Crippen LogP contribution in [0.3, 0.4) is 0 Å². The fraction of sp³-hybridized carbons (Fsp3) is 0.467. The van der Waals surface area contributed by atoms with Crippen molar-refractivity contribution >= 4 is 0 Å². The van der Waals surface area contributed by atoms with Crippen molar-refractivity contribution in [1.82, 2.24) is 5.32 Å². The first-order chi connectivity index (χ1) is 16.1. The maximum absolute atomic E-state index is 11.2. The molecule has 0 heterocycles. The van der Waals surface area contributed by atoms with Gasteiger partial charge in [0.15, 0.2) is 0 Å². The molecule has 0 aromatic heterocycles. The molecule has 0 aliphatic heterocycles. The van der Waals surface area contributed by atoms with Gasteiger partial charge in [0.05, 0.1) is 13.2 Å². The molecule has 6 atom stereocenters. The number of aliphatic hydroxyl groups is 1. The van der Waals surface area contributed by atoms with Crippen LogP contribution in [-0.2, 0) is 23.5 Å². The first kappa shape index (κ1) is 26.5. The van der Waals surface area contributed by atoms with E-state index in [9.17, 15) is 5.11 Å². The molecule has 5 aliphatic carbocycles. The minimum Gasteiger partial charge on any atom is -0.497 e. The Morgan fingerprint density at radius 2 is 1.74 bits per heavy atom. The van der Waals surface area contributed by atoms with Crippen LogP contribution in [-0.4, -0.2) is 30.9 Å². The molecule has 0 unspecified atom stereocenters. The van der Waals surface area contributed by atoms with Gasteiger partial charge >= 0.3 is 17.1 Å². The summed E-state index contributed by atoms with van der Waals surface area (Å²) in [4.78, 5) is 0. The van der Waals surface area contributed by atoms with E-state index in [1.807, 2.05) is 32.1 Å². The third kappa shape index (κ3) is 5.26. The Morgan fingerprint density at radius 3 is 2.41 bits per heavy atom. The molecule has 2 N–H and O–H groups in total. The zero-order valence-corrected chi connectivity index (χ0v) is 21.4. The number of hydrogen-bond acceptors (Lipinski definition) is 3. The summed E-state index contributed by atoms with van der Waals surface area (Å²) in [5.41, 5.74) is 3.07. The van der Waals surface area contributed by atoms with E-state index < -0.39 is 0 Å². The molecule has 0 saturated heterocycles. The van der Waals surface area contributed by atoms with Crippen LogP contribution >= 0.6 is 0 Å². The molecule has 4 heteroatoms. The quantitative estimate of drug-likeness (QED) is 0.579. The molecule has 180 valence electrons. The van der Waals surface area contributed by atoms with E-state index in [4.69, 9.17) is 4.74 Å². The average molecular weight is 499 g/mol. The van der Waals surface area contributed by atoms with Gasteiger partial charge in [-0.15, -0.1) is 0 Å². The second-order valence-corrected chi connectivity index (χ2v) is 10.4. The van der Waals surface area contributed by atoms with Crippen molar-refractivity contribution in [3.05, 3.63) is 93.0 Å². The molecule has 3 nitrogen and oxygen atoms in total. The molecule has 1 aromatic carbocycles. The van der Waals surface area contributed by atoms with Gasteiger partial charge in [-0.25, -0.2) is 0 Å². The summed E-state index contributed by atoms with van der Waals surface area (Å²) in [6, 6.07) is 6.89. The van der Waals surface area contributed by atoms with E-state index in [2.05, 4.69) is 56.1 Å². The number of benzene rings is 1. The number of aliphatic hydroxyl groups excluding tert-OH is 1. The van der Waals surface area contributed by atoms with Crippen molar-refractivity contribution < 1.29 is 26.9 Å². The van der Waals surface area contributed by atoms with Gasteiger partial charge in [-0.3, -0.25) is 0 Å². The van der Waals surface area contributed by atoms with Crippen LogP contribution in [0, 0.1) is 81.0 Å². The van der Waals surface area contributed by atoms with Crippen molar-refractivity contribution in [3.8, 4) is 5.75 Å². The topological polar surface area (TPSA) is 41.5 Å². The first-order valence-corrected chi connectivity index (χ1v) is 12.6. The zero-order chi connectivity index (χ0) is 22.8. The second-order valence-electron chi connectivity index (χ2n) is 10.4. The van der Waals surface area contributed by atoms with Gasteiger partial charge in [-0.2, -0.15) is 0 Å². The predicted molar refractivity (Wildman–Crippen MR) is 133 cm³/mol. The van der Waals surface area contributed by atoms with Crippen LogP contribution in [0.4, 0.5) is 0 Å². The number of nitrogens with one attached hydrogen (secondary N) is 1. The zero-order valence-electron chi connectivity index (χ0n) is 20.3. The maximum Gasteiger partial charge on any atom is 2.00 e. The molecule has 0 bridgehead atoms. The monoisotopic (exact) mass is 499 g/mol. The largest absolute Gasteiger partial charge is 2.00 e. The summed E-state index contributed by atoms with van der Waals surface area (Å²) in [6.45, 7) is 3.21. The fourth-order valence-electron chi connectivity index (χ4n) is 7.00. The number of hydrogen-bond donors (Lipinski definition) is 2. The normalized spacial score (nSPS) is 36.5. The Labute approximate surface area is 218 Å². The molecular formula is C30H37FeNO2+2. The Hall–Kier alpha value is -0.541. The van der Waals surface area contributed by atoms with Gasteiger partial charge in [0.1, 0.15) is 5.75 Å².